The zero-order valence-corrected chi connectivity index (χ0v) is 16.6. The number of carboxylic acids is 1. The van der Waals surface area contributed by atoms with Crippen molar-refractivity contribution in [1.82, 2.24) is 4.98 Å². The summed E-state index contributed by atoms with van der Waals surface area (Å²) in [6.07, 6.45) is 7.02. The van der Waals surface area contributed by atoms with Crippen molar-refractivity contribution in [3.63, 3.8) is 0 Å². The van der Waals surface area contributed by atoms with Crippen molar-refractivity contribution in [1.29, 1.82) is 0 Å². The molecule has 0 spiro atoms. The minimum atomic E-state index is -0.847. The molecule has 0 saturated heterocycles. The maximum atomic E-state index is 11.2. The van der Waals surface area contributed by atoms with E-state index in [0.29, 0.717) is 11.7 Å². The van der Waals surface area contributed by atoms with E-state index in [1.54, 1.807) is 11.3 Å². The number of thiazole rings is 1. The predicted molar refractivity (Wildman–Crippen MR) is 110 cm³/mol. The Bertz CT molecular complexity index is 938. The number of rotatable bonds is 3. The van der Waals surface area contributed by atoms with Crippen molar-refractivity contribution in [2.45, 2.75) is 44.1 Å². The normalized spacial score (nSPS) is 35.1. The van der Waals surface area contributed by atoms with Gasteiger partial charge in [-0.25, -0.2) is 9.78 Å². The first-order valence-electron chi connectivity index (χ1n) is 9.83. The second-order valence-electron chi connectivity index (χ2n) is 8.59. The lowest BCUT2D eigenvalue weighted by atomic mass is 9.51. The maximum Gasteiger partial charge on any atom is 0.329 e. The van der Waals surface area contributed by atoms with Crippen LogP contribution in [0.3, 0.4) is 0 Å². The molecule has 1 aliphatic heterocycles. The number of aliphatic carboxylic acids is 1. The van der Waals surface area contributed by atoms with Gasteiger partial charge < -0.3 is 5.11 Å². The quantitative estimate of drug-likeness (QED) is 0.812. The van der Waals surface area contributed by atoms with Gasteiger partial charge >= 0.3 is 5.97 Å². The van der Waals surface area contributed by atoms with Crippen LogP contribution in [0.4, 0.5) is 0 Å². The van der Waals surface area contributed by atoms with E-state index in [1.165, 1.54) is 54.1 Å². The number of fused-ring (bicyclic) bond motifs is 1. The summed E-state index contributed by atoms with van der Waals surface area (Å²) in [5.74, 6) is 4.90. The zero-order chi connectivity index (χ0) is 18.1. The first-order valence-corrected chi connectivity index (χ1v) is 11.6. The molecule has 1 aromatic heterocycles. The summed E-state index contributed by atoms with van der Waals surface area (Å²) in [7, 11) is 0. The topological polar surface area (TPSA) is 62.5 Å². The highest BCUT2D eigenvalue weighted by Crippen LogP contribution is 2.61. The van der Waals surface area contributed by atoms with Crippen LogP contribution in [0.1, 0.15) is 48.6 Å². The molecule has 27 heavy (non-hydrogen) atoms. The monoisotopic (exact) mass is 397 g/mol. The fourth-order valence-corrected chi connectivity index (χ4v) is 8.10. The van der Waals surface area contributed by atoms with E-state index in [0.717, 1.165) is 33.3 Å². The van der Waals surface area contributed by atoms with Crippen LogP contribution in [-0.2, 0) is 4.79 Å². The number of aromatic nitrogens is 1. The summed E-state index contributed by atoms with van der Waals surface area (Å²) in [4.78, 5) is 20.2. The number of carbonyl (C=O) groups is 1. The van der Waals surface area contributed by atoms with Crippen LogP contribution < -0.4 is 0 Å². The van der Waals surface area contributed by atoms with E-state index in [-0.39, 0.29) is 0 Å². The number of hydrogen-bond donors (Lipinski definition) is 1. The van der Waals surface area contributed by atoms with Crippen LogP contribution in [0.2, 0.25) is 0 Å². The van der Waals surface area contributed by atoms with Crippen molar-refractivity contribution in [3.05, 3.63) is 34.7 Å². The highest BCUT2D eigenvalue weighted by atomic mass is 32.2. The number of hydrogen-bond acceptors (Lipinski definition) is 5. The van der Waals surface area contributed by atoms with Crippen LogP contribution in [0.5, 0.6) is 0 Å². The Kier molecular flexibility index (Phi) is 3.71. The first-order chi connectivity index (χ1) is 13.1. The summed E-state index contributed by atoms with van der Waals surface area (Å²) in [6.45, 7) is 0. The Morgan fingerprint density at radius 3 is 2.67 bits per heavy atom. The number of carboxylic acid groups (broad SMARTS) is 1. The van der Waals surface area contributed by atoms with Crippen molar-refractivity contribution in [2.75, 3.05) is 5.75 Å². The number of nitrogens with zero attached hydrogens (tertiary/aromatic N) is 2. The van der Waals surface area contributed by atoms with E-state index in [2.05, 4.69) is 23.2 Å². The number of thioether (sulfide) groups is 1. The van der Waals surface area contributed by atoms with Gasteiger partial charge in [0.2, 0.25) is 0 Å². The Balaban J connectivity index is 1.33. The highest BCUT2D eigenvalue weighted by molar-refractivity contribution is 8.15. The van der Waals surface area contributed by atoms with Gasteiger partial charge in [0.05, 0.1) is 10.2 Å². The second-order valence-corrected chi connectivity index (χ2v) is 10.6. The Morgan fingerprint density at radius 1 is 1.15 bits per heavy atom. The molecule has 4 nitrogen and oxygen atoms in total. The lowest BCUT2D eigenvalue weighted by Crippen LogP contribution is -2.42. The van der Waals surface area contributed by atoms with Crippen LogP contribution in [0.15, 0.2) is 23.2 Å². The third-order valence-corrected chi connectivity index (χ3v) is 9.05. The van der Waals surface area contributed by atoms with Gasteiger partial charge in [-0.1, -0.05) is 6.07 Å². The summed E-state index contributed by atoms with van der Waals surface area (Å²) in [6, 6.07) is 6.17. The van der Waals surface area contributed by atoms with Crippen LogP contribution in [-0.4, -0.2) is 32.9 Å². The molecular weight excluding hydrogens is 376 g/mol. The molecule has 4 saturated carbocycles. The molecular formula is C21H21N2O2S2. The van der Waals surface area contributed by atoms with E-state index in [1.807, 2.05) is 5.92 Å². The van der Waals surface area contributed by atoms with Crippen molar-refractivity contribution >= 4 is 44.3 Å². The summed E-state index contributed by atoms with van der Waals surface area (Å²) < 4.78 is 1.21. The lowest BCUT2D eigenvalue weighted by molar-refractivity contribution is -0.137. The Hall–Kier alpha value is -1.40. The standard InChI is InChI=1S/C21H21N2O2S2/c24-21(25)16-9-26-19(23-16)20-22-15-2-1-12(8-17(15)27-20)18-13-4-10-3-11(6-13)7-14(18)5-10/h1-2,8,10-11,13,16,18H,3-7,9H2,(H,24,25). The number of aliphatic imine (C=N–C) groups is 1. The Morgan fingerprint density at radius 2 is 1.96 bits per heavy atom. The fraction of sp³-hybridized carbons (Fsp3) is 0.524. The molecule has 4 aliphatic carbocycles. The van der Waals surface area contributed by atoms with Gasteiger partial charge in [-0.2, -0.15) is 0 Å². The summed E-state index contributed by atoms with van der Waals surface area (Å²) in [5.41, 5.74) is 2.48. The van der Waals surface area contributed by atoms with Crippen LogP contribution in [0, 0.1) is 23.7 Å². The minimum absolute atomic E-state index is 0.510. The molecule has 5 aliphatic rings. The third-order valence-electron chi connectivity index (χ3n) is 6.84. The molecule has 2 heterocycles. The van der Waals surface area contributed by atoms with Crippen molar-refractivity contribution in [3.8, 4) is 0 Å². The van der Waals surface area contributed by atoms with Gasteiger partial charge in [-0.3, -0.25) is 4.99 Å². The second kappa shape index (κ2) is 6.05. The maximum absolute atomic E-state index is 11.2. The van der Waals surface area contributed by atoms with E-state index in [9.17, 15) is 4.79 Å². The molecule has 1 N–H and O–H groups in total. The summed E-state index contributed by atoms with van der Waals surface area (Å²) in [5, 5.41) is 10.8. The first kappa shape index (κ1) is 16.5. The average molecular weight is 398 g/mol. The van der Waals surface area contributed by atoms with Crippen molar-refractivity contribution in [2.24, 2.45) is 22.7 Å². The van der Waals surface area contributed by atoms with Crippen LogP contribution >= 0.6 is 23.1 Å². The average Bonchev–Trinajstić information content (AvgIpc) is 3.27. The molecule has 0 amide bonds. The van der Waals surface area contributed by atoms with Gasteiger partial charge in [-0.15, -0.1) is 23.1 Å². The molecule has 139 valence electrons. The smallest absolute Gasteiger partial charge is 0.329 e. The van der Waals surface area contributed by atoms with Crippen molar-refractivity contribution < 1.29 is 9.90 Å². The van der Waals surface area contributed by atoms with E-state index in [4.69, 9.17) is 10.1 Å². The molecule has 1 aromatic carbocycles. The number of benzene rings is 1. The van der Waals surface area contributed by atoms with Gasteiger partial charge in [-0.05, 0) is 79.4 Å². The molecule has 2 aromatic rings. The largest absolute Gasteiger partial charge is 0.480 e. The predicted octanol–water partition coefficient (Wildman–Crippen LogP) is 4.74. The Labute approximate surface area is 166 Å². The molecule has 4 fully saturated rings. The molecule has 7 rings (SSSR count). The van der Waals surface area contributed by atoms with Crippen LogP contribution in [0.25, 0.3) is 10.2 Å². The van der Waals surface area contributed by atoms with Gasteiger partial charge in [0.25, 0.3) is 0 Å². The zero-order valence-electron chi connectivity index (χ0n) is 14.9. The van der Waals surface area contributed by atoms with E-state index >= 15 is 0 Å². The molecule has 4 atom stereocenters. The SMILES string of the molecule is O=C(O)C1CSC(c2nc3ccc(C4[C]5CC6CC(C5)CC4C6)cc3s2)=N1. The molecule has 1 radical (unpaired) electrons. The third kappa shape index (κ3) is 2.67. The van der Waals surface area contributed by atoms with Gasteiger partial charge in [0.1, 0.15) is 10.1 Å². The molecule has 4 unspecified atom stereocenters. The molecule has 6 heteroatoms. The highest BCUT2D eigenvalue weighted by Gasteiger charge is 2.48. The summed E-state index contributed by atoms with van der Waals surface area (Å²) >= 11 is 3.17. The van der Waals surface area contributed by atoms with Gasteiger partial charge in [0, 0.05) is 5.75 Å². The molecule has 4 bridgehead atoms. The minimum Gasteiger partial charge on any atom is -0.480 e. The fourth-order valence-electron chi connectivity index (χ4n) is 5.99. The van der Waals surface area contributed by atoms with E-state index < -0.39 is 12.0 Å². The van der Waals surface area contributed by atoms with Gasteiger partial charge in [0.15, 0.2) is 6.04 Å². The lowest BCUT2D eigenvalue weighted by Gasteiger charge is -2.54.